The zero-order valence-corrected chi connectivity index (χ0v) is 9.15. The highest BCUT2D eigenvalue weighted by atomic mass is 15.3. The quantitative estimate of drug-likeness (QED) is 0.815. The fourth-order valence-electron chi connectivity index (χ4n) is 2.67. The molecule has 1 unspecified atom stereocenters. The Morgan fingerprint density at radius 1 is 1.40 bits per heavy atom. The van der Waals surface area contributed by atoms with Crippen LogP contribution in [-0.2, 0) is 6.54 Å². The van der Waals surface area contributed by atoms with Gasteiger partial charge in [0.2, 0.25) is 0 Å². The van der Waals surface area contributed by atoms with Gasteiger partial charge in [-0.25, -0.2) is 0 Å². The van der Waals surface area contributed by atoms with Crippen LogP contribution in [-0.4, -0.2) is 22.9 Å². The van der Waals surface area contributed by atoms with E-state index < -0.39 is 0 Å². The summed E-state index contributed by atoms with van der Waals surface area (Å²) >= 11 is 0. The molecular formula is C12H19N3. The van der Waals surface area contributed by atoms with Gasteiger partial charge in [-0.3, -0.25) is 4.68 Å². The lowest BCUT2D eigenvalue weighted by molar-refractivity contribution is 0.262. The van der Waals surface area contributed by atoms with Crippen molar-refractivity contribution in [3.63, 3.8) is 0 Å². The summed E-state index contributed by atoms with van der Waals surface area (Å²) in [6.07, 6.45) is 7.47. The molecule has 1 aromatic rings. The summed E-state index contributed by atoms with van der Waals surface area (Å²) in [5, 5.41) is 7.90. The summed E-state index contributed by atoms with van der Waals surface area (Å²) in [5.74, 6) is 1.60. The second-order valence-electron chi connectivity index (χ2n) is 4.92. The van der Waals surface area contributed by atoms with Crippen molar-refractivity contribution in [2.45, 2.75) is 38.1 Å². The number of hydrogen-bond acceptors (Lipinski definition) is 2. The van der Waals surface area contributed by atoms with Gasteiger partial charge < -0.3 is 5.32 Å². The van der Waals surface area contributed by atoms with Crippen LogP contribution in [0.25, 0.3) is 0 Å². The van der Waals surface area contributed by atoms with E-state index in [0.29, 0.717) is 5.92 Å². The van der Waals surface area contributed by atoms with E-state index in [-0.39, 0.29) is 0 Å². The molecule has 2 aliphatic rings. The van der Waals surface area contributed by atoms with Gasteiger partial charge in [0.15, 0.2) is 0 Å². The van der Waals surface area contributed by atoms with Crippen molar-refractivity contribution in [2.24, 2.45) is 5.92 Å². The summed E-state index contributed by atoms with van der Waals surface area (Å²) in [7, 11) is 0. The highest BCUT2D eigenvalue weighted by Crippen LogP contribution is 2.29. The molecule has 1 aliphatic carbocycles. The third kappa shape index (κ3) is 1.81. The van der Waals surface area contributed by atoms with Crippen LogP contribution in [0.2, 0.25) is 0 Å². The van der Waals surface area contributed by atoms with Crippen LogP contribution in [0.3, 0.4) is 0 Å². The van der Waals surface area contributed by atoms with E-state index in [0.717, 1.165) is 19.0 Å². The van der Waals surface area contributed by atoms with Gasteiger partial charge in [-0.15, -0.1) is 0 Å². The van der Waals surface area contributed by atoms with Crippen LogP contribution in [0, 0.1) is 5.92 Å². The summed E-state index contributed by atoms with van der Waals surface area (Å²) in [6.45, 7) is 3.45. The number of nitrogens with one attached hydrogen (secondary N) is 1. The zero-order chi connectivity index (χ0) is 10.1. The molecule has 0 bridgehead atoms. The maximum Gasteiger partial charge on any atom is 0.0492 e. The van der Waals surface area contributed by atoms with Crippen molar-refractivity contribution in [1.82, 2.24) is 15.1 Å². The van der Waals surface area contributed by atoms with Gasteiger partial charge in [-0.2, -0.15) is 5.10 Å². The highest BCUT2D eigenvalue weighted by Gasteiger charge is 2.23. The Hall–Kier alpha value is -0.830. The third-order valence-electron chi connectivity index (χ3n) is 3.88. The van der Waals surface area contributed by atoms with E-state index in [1.54, 1.807) is 0 Å². The van der Waals surface area contributed by atoms with Gasteiger partial charge in [0, 0.05) is 30.9 Å². The Morgan fingerprint density at radius 3 is 3.00 bits per heavy atom. The van der Waals surface area contributed by atoms with E-state index in [2.05, 4.69) is 21.2 Å². The van der Waals surface area contributed by atoms with Crippen LogP contribution >= 0.6 is 0 Å². The Balaban J connectivity index is 1.72. The van der Waals surface area contributed by atoms with E-state index in [1.807, 2.05) is 6.20 Å². The van der Waals surface area contributed by atoms with Crippen LogP contribution in [0.15, 0.2) is 12.3 Å². The minimum Gasteiger partial charge on any atom is -0.316 e. The largest absolute Gasteiger partial charge is 0.316 e. The SMILES string of the molecule is c1cc(C2CCNC2)n(CC2CCC2)n1. The monoisotopic (exact) mass is 205 g/mol. The predicted octanol–water partition coefficient (Wildman–Crippen LogP) is 1.76. The van der Waals surface area contributed by atoms with E-state index in [1.165, 1.54) is 37.9 Å². The van der Waals surface area contributed by atoms with Crippen molar-refractivity contribution < 1.29 is 0 Å². The first kappa shape index (κ1) is 9.40. The predicted molar refractivity (Wildman–Crippen MR) is 59.8 cm³/mol. The second-order valence-corrected chi connectivity index (χ2v) is 4.92. The number of aromatic nitrogens is 2. The minimum absolute atomic E-state index is 0.701. The average molecular weight is 205 g/mol. The number of nitrogens with zero attached hydrogens (tertiary/aromatic N) is 2. The molecule has 0 spiro atoms. The maximum atomic E-state index is 4.47. The van der Waals surface area contributed by atoms with E-state index >= 15 is 0 Å². The Bertz CT molecular complexity index is 321. The fourth-order valence-corrected chi connectivity index (χ4v) is 2.67. The molecule has 82 valence electrons. The summed E-state index contributed by atoms with van der Waals surface area (Å²) < 4.78 is 2.25. The Morgan fingerprint density at radius 2 is 2.33 bits per heavy atom. The first-order chi connectivity index (χ1) is 7.43. The molecule has 1 N–H and O–H groups in total. The number of hydrogen-bond donors (Lipinski definition) is 1. The molecule has 1 atom stereocenters. The third-order valence-corrected chi connectivity index (χ3v) is 3.88. The zero-order valence-electron chi connectivity index (χ0n) is 9.15. The summed E-state index contributed by atoms with van der Waals surface area (Å²) in [4.78, 5) is 0. The van der Waals surface area contributed by atoms with Gasteiger partial charge >= 0.3 is 0 Å². The van der Waals surface area contributed by atoms with Crippen LogP contribution < -0.4 is 5.32 Å². The molecule has 3 heteroatoms. The van der Waals surface area contributed by atoms with Gasteiger partial charge in [-0.05, 0) is 37.8 Å². The second kappa shape index (κ2) is 3.97. The molecule has 3 rings (SSSR count). The molecule has 0 amide bonds. The number of rotatable bonds is 3. The lowest BCUT2D eigenvalue weighted by Gasteiger charge is -2.26. The van der Waals surface area contributed by atoms with Crippen molar-refractivity contribution in [1.29, 1.82) is 0 Å². The molecule has 0 aromatic carbocycles. The first-order valence-electron chi connectivity index (χ1n) is 6.16. The maximum absolute atomic E-state index is 4.47. The van der Waals surface area contributed by atoms with Gasteiger partial charge in [0.25, 0.3) is 0 Å². The lowest BCUT2D eigenvalue weighted by atomic mass is 9.85. The lowest BCUT2D eigenvalue weighted by Crippen LogP contribution is -2.21. The smallest absolute Gasteiger partial charge is 0.0492 e. The highest BCUT2D eigenvalue weighted by molar-refractivity contribution is 5.10. The Kier molecular flexibility index (Phi) is 2.49. The molecule has 3 nitrogen and oxygen atoms in total. The first-order valence-corrected chi connectivity index (χ1v) is 6.16. The van der Waals surface area contributed by atoms with Crippen molar-refractivity contribution in [3.8, 4) is 0 Å². The fraction of sp³-hybridized carbons (Fsp3) is 0.750. The molecule has 2 heterocycles. The molecule has 15 heavy (non-hydrogen) atoms. The van der Waals surface area contributed by atoms with Crippen molar-refractivity contribution in [2.75, 3.05) is 13.1 Å². The molecule has 1 aliphatic heterocycles. The Labute approximate surface area is 90.9 Å². The summed E-state index contributed by atoms with van der Waals surface area (Å²) in [5.41, 5.74) is 1.45. The van der Waals surface area contributed by atoms with Gasteiger partial charge in [0.1, 0.15) is 0 Å². The standard InChI is InChI=1S/C12H19N3/c1-2-10(3-1)9-15-12(5-7-14-15)11-4-6-13-8-11/h5,7,10-11,13H,1-4,6,8-9H2. The summed E-state index contributed by atoms with van der Waals surface area (Å²) in [6, 6.07) is 2.20. The molecule has 1 saturated heterocycles. The molecule has 2 fully saturated rings. The molecule has 1 aromatic heterocycles. The van der Waals surface area contributed by atoms with Crippen LogP contribution in [0.4, 0.5) is 0 Å². The molecule has 0 radical (unpaired) electrons. The average Bonchev–Trinajstić information content (AvgIpc) is 2.81. The van der Waals surface area contributed by atoms with Crippen molar-refractivity contribution >= 4 is 0 Å². The topological polar surface area (TPSA) is 29.9 Å². The van der Waals surface area contributed by atoms with Crippen LogP contribution in [0.1, 0.15) is 37.3 Å². The van der Waals surface area contributed by atoms with Gasteiger partial charge in [-0.1, -0.05) is 6.42 Å². The molecule has 1 saturated carbocycles. The molecular weight excluding hydrogens is 186 g/mol. The van der Waals surface area contributed by atoms with E-state index in [4.69, 9.17) is 0 Å². The van der Waals surface area contributed by atoms with Crippen molar-refractivity contribution in [3.05, 3.63) is 18.0 Å². The van der Waals surface area contributed by atoms with E-state index in [9.17, 15) is 0 Å². The minimum atomic E-state index is 0.701. The van der Waals surface area contributed by atoms with Gasteiger partial charge in [0.05, 0.1) is 0 Å². The normalized spacial score (nSPS) is 26.8. The van der Waals surface area contributed by atoms with Crippen LogP contribution in [0.5, 0.6) is 0 Å².